The van der Waals surface area contributed by atoms with Crippen molar-refractivity contribution in [2.45, 2.75) is 160 Å². The summed E-state index contributed by atoms with van der Waals surface area (Å²) >= 11 is 0. The molecule has 3 saturated heterocycles. The van der Waals surface area contributed by atoms with Crippen LogP contribution in [0.2, 0.25) is 0 Å². The summed E-state index contributed by atoms with van der Waals surface area (Å²) in [6.07, 6.45) is 5.42. The number of rotatable bonds is 10. The molecule has 0 amide bonds. The number of hydrogen-bond donors (Lipinski definition) is 3. The smallest absolute Gasteiger partial charge is 0.333 e. The van der Waals surface area contributed by atoms with Crippen LogP contribution < -0.4 is 19.9 Å². The van der Waals surface area contributed by atoms with E-state index < -0.39 is 82.6 Å². The van der Waals surface area contributed by atoms with Gasteiger partial charge in [-0.1, -0.05) is 29.4 Å². The van der Waals surface area contributed by atoms with Crippen LogP contribution in [0.25, 0.3) is 11.8 Å². The number of carbonyl (C=O) groups is 2. The Morgan fingerprint density at radius 3 is 2.42 bits per heavy atom. The predicted octanol–water partition coefficient (Wildman–Crippen LogP) is 6.54. The Bertz CT molecular complexity index is 2510. The Kier molecular flexibility index (Phi) is 11.1. The molecule has 6 fully saturated rings. The zero-order valence-electron chi connectivity index (χ0n) is 39.7. The summed E-state index contributed by atoms with van der Waals surface area (Å²) < 4.78 is 59.2. The Hall–Kier alpha value is -4.95. The highest BCUT2D eigenvalue weighted by Crippen LogP contribution is 2.74. The van der Waals surface area contributed by atoms with E-state index in [2.05, 4.69) is 32.1 Å². The number of nitriles is 1. The maximum atomic E-state index is 15.5. The molecule has 6 aliphatic heterocycles. The molecular weight excluding hydrogens is 849 g/mol. The fourth-order valence-electron chi connectivity index (χ4n) is 11.7. The molecular formula is C51H62N2O13. The van der Waals surface area contributed by atoms with Crippen molar-refractivity contribution in [3.63, 3.8) is 0 Å². The van der Waals surface area contributed by atoms with Crippen LogP contribution in [-0.2, 0) is 44.4 Å². The van der Waals surface area contributed by atoms with Gasteiger partial charge in [0.2, 0.25) is 12.2 Å². The number of ether oxygens (including phenoxy) is 9. The van der Waals surface area contributed by atoms with Gasteiger partial charge >= 0.3 is 5.97 Å². The van der Waals surface area contributed by atoms with Crippen molar-refractivity contribution in [3.8, 4) is 23.3 Å². The van der Waals surface area contributed by atoms with Gasteiger partial charge in [-0.2, -0.15) is 5.26 Å². The van der Waals surface area contributed by atoms with Crippen LogP contribution in [0.15, 0.2) is 58.1 Å². The lowest BCUT2D eigenvalue weighted by Gasteiger charge is -2.61. The lowest BCUT2D eigenvalue weighted by atomic mass is 9.45. The van der Waals surface area contributed by atoms with E-state index in [1.54, 1.807) is 26.8 Å². The maximum absolute atomic E-state index is 15.5. The molecule has 15 nitrogen and oxygen atoms in total. The average molecular weight is 911 g/mol. The maximum Gasteiger partial charge on any atom is 0.333 e. The first-order valence-electron chi connectivity index (χ1n) is 22.9. The molecule has 4 N–H and O–H groups in total. The second-order valence-electron chi connectivity index (χ2n) is 20.7. The van der Waals surface area contributed by atoms with Gasteiger partial charge < -0.3 is 58.6 Å². The second kappa shape index (κ2) is 15.8. The molecule has 3 aliphatic carbocycles. The van der Waals surface area contributed by atoms with Crippen molar-refractivity contribution in [1.82, 2.24) is 0 Å². The van der Waals surface area contributed by atoms with Gasteiger partial charge in [0.1, 0.15) is 64.7 Å². The molecule has 9 aliphatic rings. The van der Waals surface area contributed by atoms with Crippen molar-refractivity contribution in [2.24, 2.45) is 23.5 Å². The number of fused-ring (bicyclic) bond motifs is 4. The van der Waals surface area contributed by atoms with Crippen LogP contribution >= 0.6 is 0 Å². The molecule has 0 radical (unpaired) electrons. The summed E-state index contributed by atoms with van der Waals surface area (Å²) in [5, 5.41) is 34.2. The number of carbonyl (C=O) groups excluding carboxylic acids is 2. The molecule has 10 rings (SSSR count). The third-order valence-corrected chi connectivity index (χ3v) is 14.8. The fraction of sp³-hybridized carbons (Fsp3) is 0.588. The number of nitrogens with zero attached hydrogens (tertiary/aromatic N) is 1. The van der Waals surface area contributed by atoms with Gasteiger partial charge in [0.05, 0.1) is 30.5 Å². The van der Waals surface area contributed by atoms with Gasteiger partial charge in [0.25, 0.3) is 0 Å². The SMILES string of the molecule is COC(=O)/C(C)=C\CC12OC(C)(C)C3CC(C1=O)C1C(C#N)=C(N)OC4=C1C32Oc1c(CC=C(C)C)c2c(c(O[C@@H]3O[C@@H]5COC(C)(C)O[C@H]5[C@H](O)[C@H]3O)c14)C=CC(C)(CCC=C(C)C)O2. The Labute approximate surface area is 385 Å². The number of Topliss-reactive ketones (excluding diaryl/α,β-unsaturated/α-hetero) is 1. The molecule has 3 saturated carbocycles. The first kappa shape index (κ1) is 46.2. The summed E-state index contributed by atoms with van der Waals surface area (Å²) in [6.45, 7) is 19.1. The van der Waals surface area contributed by atoms with Crippen molar-refractivity contribution < 1.29 is 62.4 Å². The fourth-order valence-corrected chi connectivity index (χ4v) is 11.7. The average Bonchev–Trinajstić information content (AvgIpc) is 3.39. The zero-order valence-corrected chi connectivity index (χ0v) is 39.7. The van der Waals surface area contributed by atoms with E-state index in [4.69, 9.17) is 48.4 Å². The van der Waals surface area contributed by atoms with E-state index in [0.717, 1.165) is 12.0 Å². The van der Waals surface area contributed by atoms with Crippen molar-refractivity contribution >= 4 is 23.6 Å². The van der Waals surface area contributed by atoms with Gasteiger partial charge in [-0.15, -0.1) is 0 Å². The number of nitrogens with two attached hydrogens (primary N) is 1. The van der Waals surface area contributed by atoms with E-state index in [1.165, 1.54) is 12.7 Å². The molecule has 4 bridgehead atoms. The lowest BCUT2D eigenvalue weighted by molar-refractivity contribution is -0.373. The number of hydrogen-bond acceptors (Lipinski definition) is 15. The Balaban J connectivity index is 1.33. The number of ketones is 1. The summed E-state index contributed by atoms with van der Waals surface area (Å²) in [5.74, 6) is -3.10. The Morgan fingerprint density at radius 1 is 1.02 bits per heavy atom. The normalized spacial score (nSPS) is 36.1. The highest BCUT2D eigenvalue weighted by Gasteiger charge is 2.84. The number of aliphatic hydroxyl groups is 2. The van der Waals surface area contributed by atoms with Gasteiger partial charge in [-0.05, 0) is 107 Å². The minimum atomic E-state index is -1.72. The minimum absolute atomic E-state index is 0.0504. The van der Waals surface area contributed by atoms with Crippen molar-refractivity contribution in [2.75, 3.05) is 13.7 Å². The number of benzene rings is 1. The van der Waals surface area contributed by atoms with Crippen LogP contribution in [0.5, 0.6) is 17.2 Å². The van der Waals surface area contributed by atoms with Crippen LogP contribution in [0.1, 0.15) is 112 Å². The van der Waals surface area contributed by atoms with Gasteiger partial charge in [-0.25, -0.2) is 4.79 Å². The molecule has 354 valence electrons. The number of esters is 1. The van der Waals surface area contributed by atoms with Gasteiger partial charge in [0, 0.05) is 40.9 Å². The molecule has 1 aromatic rings. The second-order valence-corrected chi connectivity index (χ2v) is 20.7. The molecule has 6 heterocycles. The van der Waals surface area contributed by atoms with Crippen LogP contribution in [-0.4, -0.2) is 94.6 Å². The quantitative estimate of drug-likeness (QED) is 0.129. The van der Waals surface area contributed by atoms with E-state index in [0.29, 0.717) is 47.3 Å². The summed E-state index contributed by atoms with van der Waals surface area (Å²) in [7, 11) is 1.30. The molecule has 11 atom stereocenters. The van der Waals surface area contributed by atoms with Gasteiger partial charge in [-0.3, -0.25) is 4.79 Å². The largest absolute Gasteiger partial charge is 0.482 e. The van der Waals surface area contributed by atoms with Crippen molar-refractivity contribution in [3.05, 3.63) is 74.7 Å². The number of allylic oxidation sites excluding steroid dienone is 5. The van der Waals surface area contributed by atoms with Gasteiger partial charge in [0.15, 0.2) is 22.8 Å². The zero-order chi connectivity index (χ0) is 47.6. The van der Waals surface area contributed by atoms with E-state index in [1.807, 2.05) is 46.8 Å². The van der Waals surface area contributed by atoms with E-state index in [9.17, 15) is 20.3 Å². The van der Waals surface area contributed by atoms with Crippen LogP contribution in [0.3, 0.4) is 0 Å². The summed E-state index contributed by atoms with van der Waals surface area (Å²) in [4.78, 5) is 28.4. The molecule has 15 heteroatoms. The summed E-state index contributed by atoms with van der Waals surface area (Å²) in [5.41, 5.74) is 6.14. The molecule has 66 heavy (non-hydrogen) atoms. The predicted molar refractivity (Wildman–Crippen MR) is 239 cm³/mol. The molecule has 1 spiro atoms. The number of aliphatic hydroxyl groups excluding tert-OH is 2. The highest BCUT2D eigenvalue weighted by molar-refractivity contribution is 6.01. The summed E-state index contributed by atoms with van der Waals surface area (Å²) in [6, 6.07) is 2.27. The van der Waals surface area contributed by atoms with Crippen LogP contribution in [0, 0.1) is 29.1 Å². The minimum Gasteiger partial charge on any atom is -0.482 e. The van der Waals surface area contributed by atoms with E-state index in [-0.39, 0.29) is 53.1 Å². The molecule has 1 aromatic carbocycles. The van der Waals surface area contributed by atoms with E-state index >= 15 is 4.79 Å². The Morgan fingerprint density at radius 2 is 1.74 bits per heavy atom. The topological polar surface area (TPSA) is 207 Å². The standard InChI is InChI=1S/C51H62N2O13/c1-24(2)13-12-18-49(10)19-17-28-38(64-49)27(15-14-25(3)4)40-34(39(28)62-46-37(55)36(54)41-31(60-46)23-59-48(8,9)63-41)42-35-33(30(22-52)44(53)61-42)29-21-32-47(6,7)66-50(43(29)56,51(32,35)65-40)20-16-26(5)45(57)58-11/h13-14,16-17,19,29,31-33,36-37,41,46,54-55H,12,15,18,20-21,23,53H2,1-11H3/b26-16-/t29?,31-,32?,33?,36-,37-,41-,46+,49?,50?,51?/m1/s1. The third-order valence-electron chi connectivity index (χ3n) is 14.8. The molecule has 6 unspecified atom stereocenters. The first-order chi connectivity index (χ1) is 31.0. The molecule has 0 aromatic heterocycles. The lowest BCUT2D eigenvalue weighted by Crippen LogP contribution is -2.75. The third kappa shape index (κ3) is 6.80. The van der Waals surface area contributed by atoms with Crippen LogP contribution in [0.4, 0.5) is 0 Å². The first-order valence-corrected chi connectivity index (χ1v) is 22.9. The van der Waals surface area contributed by atoms with Crippen molar-refractivity contribution in [1.29, 1.82) is 5.26 Å². The number of methoxy groups -OCH3 is 1. The monoisotopic (exact) mass is 910 g/mol. The highest BCUT2D eigenvalue weighted by atomic mass is 16.8.